The van der Waals surface area contributed by atoms with E-state index >= 15 is 0 Å². The number of nitrogens with one attached hydrogen (secondary N) is 2. The second-order valence-corrected chi connectivity index (χ2v) is 3.43. The second kappa shape index (κ2) is 4.57. The van der Waals surface area contributed by atoms with Crippen LogP contribution in [0.15, 0.2) is 35.1 Å². The van der Waals surface area contributed by atoms with Gasteiger partial charge in [-0.25, -0.2) is 0 Å². The van der Waals surface area contributed by atoms with Crippen molar-refractivity contribution in [2.24, 2.45) is 0 Å². The lowest BCUT2D eigenvalue weighted by molar-refractivity contribution is 0.888. The quantitative estimate of drug-likeness (QED) is 0.805. The number of H-pyrrole nitrogens is 1. The maximum absolute atomic E-state index is 11.3. The highest BCUT2D eigenvalue weighted by Crippen LogP contribution is 2.01. The molecule has 0 aliphatic heterocycles. The van der Waals surface area contributed by atoms with Crippen molar-refractivity contribution < 1.29 is 0 Å². The van der Waals surface area contributed by atoms with Gasteiger partial charge < -0.3 is 5.32 Å². The van der Waals surface area contributed by atoms with Gasteiger partial charge in [0.05, 0.1) is 0 Å². The third-order valence-corrected chi connectivity index (χ3v) is 2.16. The van der Waals surface area contributed by atoms with E-state index in [-0.39, 0.29) is 5.56 Å². The lowest BCUT2D eigenvalue weighted by Crippen LogP contribution is -2.16. The fraction of sp³-hybridized carbons (Fsp3) is 0.182. The summed E-state index contributed by atoms with van der Waals surface area (Å²) in [5, 5.41) is 10.6. The lowest BCUT2D eigenvalue weighted by atomic mass is 10.2. The first-order valence-electron chi connectivity index (χ1n) is 4.97. The molecule has 0 radical (unpaired) electrons. The predicted octanol–water partition coefficient (Wildman–Crippen LogP) is 1.09. The molecule has 0 unspecified atom stereocenters. The predicted molar refractivity (Wildman–Crippen MR) is 61.2 cm³/mol. The number of aromatic amines is 1. The van der Waals surface area contributed by atoms with Gasteiger partial charge >= 0.3 is 0 Å². The number of hydrogen-bond donors (Lipinski definition) is 2. The summed E-state index contributed by atoms with van der Waals surface area (Å²) < 4.78 is 0. The molecule has 0 saturated carbocycles. The zero-order chi connectivity index (χ0) is 11.4. The molecule has 16 heavy (non-hydrogen) atoms. The molecular formula is C11H12N4O. The van der Waals surface area contributed by atoms with Crippen molar-refractivity contribution in [3.8, 4) is 0 Å². The van der Waals surface area contributed by atoms with E-state index in [9.17, 15) is 4.79 Å². The lowest BCUT2D eigenvalue weighted by Gasteiger charge is -2.04. The molecule has 1 heterocycles. The maximum Gasteiger partial charge on any atom is 0.273 e. The van der Waals surface area contributed by atoms with E-state index in [2.05, 4.69) is 20.5 Å². The van der Waals surface area contributed by atoms with E-state index in [0.29, 0.717) is 18.2 Å². The minimum absolute atomic E-state index is 0.217. The van der Waals surface area contributed by atoms with Crippen LogP contribution in [0, 0.1) is 6.92 Å². The van der Waals surface area contributed by atoms with Crippen LogP contribution in [0.3, 0.4) is 0 Å². The number of anilines is 1. The van der Waals surface area contributed by atoms with E-state index < -0.39 is 0 Å². The van der Waals surface area contributed by atoms with Crippen molar-refractivity contribution in [1.82, 2.24) is 15.2 Å². The summed E-state index contributed by atoms with van der Waals surface area (Å²) in [6.45, 7) is 2.22. The molecule has 0 aliphatic carbocycles. The van der Waals surface area contributed by atoms with Gasteiger partial charge in [0, 0.05) is 6.54 Å². The van der Waals surface area contributed by atoms with Crippen LogP contribution in [-0.4, -0.2) is 15.2 Å². The van der Waals surface area contributed by atoms with Crippen molar-refractivity contribution in [3.05, 3.63) is 51.9 Å². The number of aromatic nitrogens is 3. The Balaban J connectivity index is 2.05. The summed E-state index contributed by atoms with van der Waals surface area (Å²) in [7, 11) is 0. The molecule has 5 nitrogen and oxygen atoms in total. The Morgan fingerprint density at radius 3 is 2.69 bits per heavy atom. The smallest absolute Gasteiger partial charge is 0.273 e. The molecule has 1 aromatic carbocycles. The van der Waals surface area contributed by atoms with E-state index in [1.807, 2.05) is 30.3 Å². The highest BCUT2D eigenvalue weighted by atomic mass is 16.1. The summed E-state index contributed by atoms with van der Waals surface area (Å²) >= 11 is 0. The molecule has 0 atom stereocenters. The molecule has 0 saturated heterocycles. The van der Waals surface area contributed by atoms with Gasteiger partial charge in [-0.05, 0) is 12.5 Å². The highest BCUT2D eigenvalue weighted by molar-refractivity contribution is 5.25. The zero-order valence-electron chi connectivity index (χ0n) is 8.90. The van der Waals surface area contributed by atoms with Crippen LogP contribution in [0.25, 0.3) is 0 Å². The molecule has 2 N–H and O–H groups in total. The maximum atomic E-state index is 11.3. The van der Waals surface area contributed by atoms with Gasteiger partial charge in [0.25, 0.3) is 5.56 Å². The standard InChI is InChI=1S/C11H12N4O/c1-8-10(16)13-11(15-14-8)12-7-9-5-3-2-4-6-9/h2-6H,7H2,1H3,(H2,12,13,15,16). The Labute approximate surface area is 92.6 Å². The Kier molecular flexibility index (Phi) is 2.95. The summed E-state index contributed by atoms with van der Waals surface area (Å²) in [5.41, 5.74) is 1.27. The van der Waals surface area contributed by atoms with Gasteiger partial charge in [-0.3, -0.25) is 9.78 Å². The number of rotatable bonds is 3. The van der Waals surface area contributed by atoms with Gasteiger partial charge in [-0.15, -0.1) is 10.2 Å². The molecule has 0 fully saturated rings. The largest absolute Gasteiger partial charge is 0.350 e. The number of hydrogen-bond acceptors (Lipinski definition) is 4. The Bertz CT molecular complexity index is 521. The van der Waals surface area contributed by atoms with Crippen LogP contribution < -0.4 is 10.9 Å². The average molecular weight is 216 g/mol. The monoisotopic (exact) mass is 216 g/mol. The molecule has 1 aromatic heterocycles. The molecule has 0 aliphatic rings. The van der Waals surface area contributed by atoms with Crippen LogP contribution in [0.4, 0.5) is 5.95 Å². The minimum Gasteiger partial charge on any atom is -0.350 e. The third kappa shape index (κ3) is 2.44. The summed E-state index contributed by atoms with van der Waals surface area (Å²) in [4.78, 5) is 13.9. The molecule has 0 bridgehead atoms. The number of nitrogens with zero attached hydrogens (tertiary/aromatic N) is 2. The summed E-state index contributed by atoms with van der Waals surface area (Å²) in [6, 6.07) is 9.86. The van der Waals surface area contributed by atoms with E-state index in [4.69, 9.17) is 0 Å². The Morgan fingerprint density at radius 2 is 2.00 bits per heavy atom. The Morgan fingerprint density at radius 1 is 1.25 bits per heavy atom. The first kappa shape index (κ1) is 10.4. The summed E-state index contributed by atoms with van der Waals surface area (Å²) in [5.74, 6) is 0.388. The molecule has 82 valence electrons. The molecule has 2 rings (SSSR count). The fourth-order valence-electron chi connectivity index (χ4n) is 1.25. The zero-order valence-corrected chi connectivity index (χ0v) is 8.90. The van der Waals surface area contributed by atoms with Crippen LogP contribution in [-0.2, 0) is 6.54 Å². The number of aryl methyl sites for hydroxylation is 1. The van der Waals surface area contributed by atoms with Crippen LogP contribution in [0.2, 0.25) is 0 Å². The van der Waals surface area contributed by atoms with Gasteiger partial charge in [0.1, 0.15) is 5.69 Å². The Hall–Kier alpha value is -2.17. The molecule has 5 heteroatoms. The van der Waals surface area contributed by atoms with E-state index in [1.165, 1.54) is 0 Å². The van der Waals surface area contributed by atoms with Gasteiger partial charge in [-0.2, -0.15) is 0 Å². The van der Waals surface area contributed by atoms with Crippen molar-refractivity contribution in [2.45, 2.75) is 13.5 Å². The van der Waals surface area contributed by atoms with Gasteiger partial charge in [0.15, 0.2) is 0 Å². The minimum atomic E-state index is -0.217. The topological polar surface area (TPSA) is 70.7 Å². The van der Waals surface area contributed by atoms with E-state index in [1.54, 1.807) is 6.92 Å². The van der Waals surface area contributed by atoms with Crippen molar-refractivity contribution in [3.63, 3.8) is 0 Å². The summed E-state index contributed by atoms with van der Waals surface area (Å²) in [6.07, 6.45) is 0. The second-order valence-electron chi connectivity index (χ2n) is 3.43. The van der Waals surface area contributed by atoms with Crippen molar-refractivity contribution >= 4 is 5.95 Å². The normalized spacial score (nSPS) is 10.1. The number of benzene rings is 1. The SMILES string of the molecule is Cc1nnc(NCc2ccccc2)[nH]c1=O. The van der Waals surface area contributed by atoms with Crippen molar-refractivity contribution in [2.75, 3.05) is 5.32 Å². The fourth-order valence-corrected chi connectivity index (χ4v) is 1.25. The highest BCUT2D eigenvalue weighted by Gasteiger charge is 1.99. The van der Waals surface area contributed by atoms with Gasteiger partial charge in [-0.1, -0.05) is 30.3 Å². The molecule has 0 spiro atoms. The average Bonchev–Trinajstić information content (AvgIpc) is 2.32. The van der Waals surface area contributed by atoms with Crippen LogP contribution in [0.5, 0.6) is 0 Å². The first-order valence-corrected chi connectivity index (χ1v) is 4.97. The third-order valence-electron chi connectivity index (χ3n) is 2.16. The molecule has 0 amide bonds. The van der Waals surface area contributed by atoms with E-state index in [0.717, 1.165) is 5.56 Å². The molecule has 2 aromatic rings. The van der Waals surface area contributed by atoms with Gasteiger partial charge in [0.2, 0.25) is 5.95 Å². The molecular weight excluding hydrogens is 204 g/mol. The van der Waals surface area contributed by atoms with Crippen LogP contribution >= 0.6 is 0 Å². The van der Waals surface area contributed by atoms with Crippen molar-refractivity contribution in [1.29, 1.82) is 0 Å². The first-order chi connectivity index (χ1) is 7.75. The van der Waals surface area contributed by atoms with Crippen LogP contribution in [0.1, 0.15) is 11.3 Å².